The van der Waals surface area contributed by atoms with Crippen LogP contribution in [-0.4, -0.2) is 0 Å². The second-order valence-electron chi connectivity index (χ2n) is 31.5. The van der Waals surface area contributed by atoms with Gasteiger partial charge in [-0.25, -0.2) is 35.1 Å². The summed E-state index contributed by atoms with van der Waals surface area (Å²) in [4.78, 5) is 4.00. The minimum absolute atomic E-state index is 0.122. The monoisotopic (exact) mass is 1500 g/mol. The van der Waals surface area contributed by atoms with Gasteiger partial charge in [0.25, 0.3) is 0 Å². The predicted octanol–water partition coefficient (Wildman–Crippen LogP) is 27.6. The number of rotatable bonds is 16. The molecule has 0 N–H and O–H groups in total. The van der Waals surface area contributed by atoms with Gasteiger partial charge in [-0.2, -0.15) is 0 Å². The molecule has 18 rings (SSSR count). The molecule has 0 bridgehead atoms. The Morgan fingerprint density at radius 1 is 0.292 bits per heavy atom. The lowest BCUT2D eigenvalue weighted by atomic mass is 9.67. The summed E-state index contributed by atoms with van der Waals surface area (Å²) in [5.74, 6) is -7.43. The van der Waals surface area contributed by atoms with Crippen molar-refractivity contribution in [3.63, 3.8) is 0 Å². The summed E-state index contributed by atoms with van der Waals surface area (Å²) in [6.45, 7) is 20.2. The van der Waals surface area contributed by atoms with Crippen LogP contribution in [0.4, 0.5) is 69.2 Å². The minimum atomic E-state index is -1.62. The summed E-state index contributed by atoms with van der Waals surface area (Å²) in [7, 11) is 0. The maximum atomic E-state index is 17.5. The molecule has 0 saturated heterocycles. The first-order valence-corrected chi connectivity index (χ1v) is 37.7. The number of fused-ring (bicyclic) bond motifs is 10. The van der Waals surface area contributed by atoms with Gasteiger partial charge in [0.1, 0.15) is 34.6 Å². The Hall–Kier alpha value is -12.8. The Kier molecular flexibility index (Phi) is 17.0. The summed E-state index contributed by atoms with van der Waals surface area (Å²) < 4.78 is 145. The third-order valence-corrected chi connectivity index (χ3v) is 24.1. The highest BCUT2D eigenvalue weighted by molar-refractivity contribution is 5.92. The minimum Gasteiger partial charge on any atom is -0.457 e. The summed E-state index contributed by atoms with van der Waals surface area (Å²) >= 11 is 0. The fraction of sp³-hybridized carbons (Fsp3) is 0.129. The molecule has 4 nitrogen and oxygen atoms in total. The van der Waals surface area contributed by atoms with Crippen molar-refractivity contribution < 1.29 is 44.6 Å². The van der Waals surface area contributed by atoms with E-state index >= 15 is 35.1 Å². The van der Waals surface area contributed by atoms with E-state index in [1.165, 1.54) is 24.3 Å². The van der Waals surface area contributed by atoms with Crippen molar-refractivity contribution in [2.45, 2.75) is 81.5 Å². The Labute approximate surface area is 651 Å². The fourth-order valence-corrected chi connectivity index (χ4v) is 19.1. The van der Waals surface area contributed by atoms with Crippen molar-refractivity contribution in [1.82, 2.24) is 0 Å². The van der Waals surface area contributed by atoms with Crippen LogP contribution in [-0.2, 0) is 27.1 Å². The molecule has 2 unspecified atom stereocenters. The van der Waals surface area contributed by atoms with Gasteiger partial charge in [0.15, 0.2) is 34.9 Å². The van der Waals surface area contributed by atoms with Gasteiger partial charge in [-0.05, 0) is 271 Å². The Morgan fingerprint density at radius 2 is 0.602 bits per heavy atom. The maximum Gasteiger partial charge on any atom is 0.194 e. The summed E-state index contributed by atoms with van der Waals surface area (Å²) in [6.07, 6.45) is 4.79. The third-order valence-electron chi connectivity index (χ3n) is 24.1. The zero-order chi connectivity index (χ0) is 78.4. The first-order valence-electron chi connectivity index (χ1n) is 37.7. The summed E-state index contributed by atoms with van der Waals surface area (Å²) in [5, 5.41) is 0. The number of ether oxygens (including phenoxy) is 2. The molecule has 113 heavy (non-hydrogen) atoms. The zero-order valence-electron chi connectivity index (χ0n) is 62.8. The zero-order valence-corrected chi connectivity index (χ0v) is 62.8. The van der Waals surface area contributed by atoms with E-state index in [-0.39, 0.29) is 11.1 Å². The number of nitrogens with zero attached hydrogens (tertiary/aromatic N) is 2. The van der Waals surface area contributed by atoms with Crippen LogP contribution in [0.2, 0.25) is 0 Å². The molecule has 0 amide bonds. The molecule has 0 radical (unpaired) electrons. The molecule has 2 atom stereocenters. The van der Waals surface area contributed by atoms with E-state index in [2.05, 4.69) is 77.3 Å². The smallest absolute Gasteiger partial charge is 0.194 e. The van der Waals surface area contributed by atoms with Gasteiger partial charge in [-0.3, -0.25) is 0 Å². The van der Waals surface area contributed by atoms with E-state index in [9.17, 15) is 0 Å². The number of halogens is 8. The van der Waals surface area contributed by atoms with Crippen molar-refractivity contribution in [3.8, 4) is 45.3 Å². The van der Waals surface area contributed by atoms with Crippen LogP contribution in [0.1, 0.15) is 130 Å². The summed E-state index contributed by atoms with van der Waals surface area (Å²) in [5.41, 5.74) is 11.6. The highest BCUT2D eigenvalue weighted by atomic mass is 19.2. The van der Waals surface area contributed by atoms with Crippen LogP contribution in [0, 0.1) is 60.4 Å². The lowest BCUT2D eigenvalue weighted by Crippen LogP contribution is -2.30. The fourth-order valence-electron chi connectivity index (χ4n) is 19.1. The van der Waals surface area contributed by atoms with Gasteiger partial charge in [0.05, 0.1) is 10.8 Å². The Bertz CT molecular complexity index is 5890. The average molecular weight is 1500 g/mol. The number of hydrogen-bond acceptors (Lipinski definition) is 4. The number of aryl methyl sites for hydroxylation is 2. The van der Waals surface area contributed by atoms with E-state index in [0.29, 0.717) is 126 Å². The van der Waals surface area contributed by atoms with Crippen molar-refractivity contribution in [3.05, 3.63) is 428 Å². The molecular formula is C101H74F8N2O2. The highest BCUT2D eigenvalue weighted by Crippen LogP contribution is 2.66. The Balaban J connectivity index is 0.808. The van der Waals surface area contributed by atoms with Gasteiger partial charge >= 0.3 is 0 Å². The predicted molar refractivity (Wildman–Crippen MR) is 435 cm³/mol. The molecule has 4 aliphatic rings. The summed E-state index contributed by atoms with van der Waals surface area (Å²) in [6, 6.07) is 83.9. The van der Waals surface area contributed by atoms with E-state index in [0.717, 1.165) is 56.6 Å². The molecule has 556 valence electrons. The van der Waals surface area contributed by atoms with Crippen LogP contribution >= 0.6 is 0 Å². The highest BCUT2D eigenvalue weighted by Gasteiger charge is 2.57. The number of benzene rings is 14. The topological polar surface area (TPSA) is 24.9 Å². The molecule has 0 fully saturated rings. The van der Waals surface area contributed by atoms with Crippen LogP contribution in [0.5, 0.6) is 23.0 Å². The molecule has 0 heterocycles. The van der Waals surface area contributed by atoms with Crippen molar-refractivity contribution in [2.75, 3.05) is 9.80 Å². The molecule has 0 aromatic heterocycles. The van der Waals surface area contributed by atoms with Crippen LogP contribution in [0.3, 0.4) is 0 Å². The standard InChI is InChI=1S/C101H74F8N2O2/c1-9-61-21-35-71(36-22-61)112-73-39-25-63(26-40-73)100(83-47-49-89(102)95(108)93(83)106)79-17-13-11-15-75(79)77-43-31-65(51-85(77)100)110(69-29-19-59(3)91(104)55-69)67-33-45-81-87(53-67)99(57-97(81,5)6)58-98(7,8)82-46-34-68(54-88(82)99)111(70-30-20-60(4)92(105)56-70)66-32-44-78-76-16-12-14-18-80(76)101(86(78)52-66,84-48-50-90(103)96(109)94(84)107)64-27-41-74(42-28-64)113-72-37-23-62(10-2)24-38-72/h9-56H,1-2,57-58H2,3-8H3. The van der Waals surface area contributed by atoms with E-state index in [1.54, 1.807) is 62.4 Å². The third kappa shape index (κ3) is 11.2. The first-order chi connectivity index (χ1) is 54.4. The van der Waals surface area contributed by atoms with Crippen LogP contribution in [0.15, 0.2) is 292 Å². The molecular weight excluding hydrogens is 1430 g/mol. The molecule has 4 aliphatic carbocycles. The van der Waals surface area contributed by atoms with Gasteiger partial charge in [0, 0.05) is 50.7 Å². The lowest BCUT2D eigenvalue weighted by molar-refractivity contribution is 0.349. The van der Waals surface area contributed by atoms with Gasteiger partial charge in [0.2, 0.25) is 0 Å². The van der Waals surface area contributed by atoms with E-state index in [4.69, 9.17) is 9.47 Å². The average Bonchev–Trinajstić information content (AvgIpc) is 1.55. The van der Waals surface area contributed by atoms with Crippen LogP contribution in [0.25, 0.3) is 34.4 Å². The van der Waals surface area contributed by atoms with Crippen LogP contribution < -0.4 is 19.3 Å². The molecule has 14 aromatic rings. The number of hydrogen-bond donors (Lipinski definition) is 0. The second kappa shape index (κ2) is 26.7. The normalized spacial score (nSPS) is 17.5. The largest absolute Gasteiger partial charge is 0.457 e. The van der Waals surface area contributed by atoms with Crippen molar-refractivity contribution in [2.24, 2.45) is 0 Å². The van der Waals surface area contributed by atoms with Gasteiger partial charge in [-0.1, -0.05) is 199 Å². The van der Waals surface area contributed by atoms with Crippen molar-refractivity contribution >= 4 is 46.3 Å². The SMILES string of the molecule is C=Cc1ccc(Oc2ccc(C3(c4ccc(F)c(F)c4F)c4ccccc4-c4ccc(N(c5ccc(C)c(F)c5)c5ccc6c(c5)C5(CC6(C)C)CC(C)(C)c6ccc(N(c7ccc(C)c(F)c7)c7ccc8c(c7)C(c7ccc(Oc9ccc(C=C)cc9)cc7)(c7ccc(F)c(F)c7F)c7ccccc7-8)cc65)cc43)cc2)cc1. The second-order valence-corrected chi connectivity index (χ2v) is 31.5. The first kappa shape index (κ1) is 71.8. The van der Waals surface area contributed by atoms with Crippen molar-refractivity contribution in [1.29, 1.82) is 0 Å². The van der Waals surface area contributed by atoms with Gasteiger partial charge in [-0.15, -0.1) is 0 Å². The van der Waals surface area contributed by atoms with E-state index < -0.39 is 73.6 Å². The molecule has 0 aliphatic heterocycles. The number of anilines is 6. The maximum absolute atomic E-state index is 17.5. The molecule has 1 spiro atoms. The van der Waals surface area contributed by atoms with E-state index in [1.807, 2.05) is 180 Å². The lowest BCUT2D eigenvalue weighted by Gasteiger charge is -2.35. The van der Waals surface area contributed by atoms with Gasteiger partial charge < -0.3 is 19.3 Å². The molecule has 0 saturated carbocycles. The Morgan fingerprint density at radius 3 is 0.965 bits per heavy atom. The quantitative estimate of drug-likeness (QED) is 0.0711. The molecule has 12 heteroatoms. The molecule has 14 aromatic carbocycles.